The highest BCUT2D eigenvalue weighted by Crippen LogP contribution is 2.16. The molecule has 0 aromatic carbocycles. The number of rotatable bonds is 3. The van der Waals surface area contributed by atoms with Crippen LogP contribution in [-0.4, -0.2) is 11.7 Å². The average Bonchev–Trinajstić information content (AvgIpc) is 2.86. The summed E-state index contributed by atoms with van der Waals surface area (Å²) in [5, 5.41) is 8.55. The molecule has 0 fully saturated rings. The molecule has 0 spiro atoms. The van der Waals surface area contributed by atoms with Crippen molar-refractivity contribution in [3.8, 4) is 0 Å². The summed E-state index contributed by atoms with van der Waals surface area (Å²) in [6, 6.07) is 3.67. The molecule has 0 radical (unpaired) electrons. The lowest BCUT2D eigenvalue weighted by molar-refractivity contribution is 0.288. The van der Waals surface area contributed by atoms with E-state index in [1.54, 1.807) is 12.5 Å². The number of allylic oxidation sites excluding steroid dienone is 4. The van der Waals surface area contributed by atoms with Gasteiger partial charge >= 0.3 is 0 Å². The van der Waals surface area contributed by atoms with Crippen LogP contribution in [0.5, 0.6) is 0 Å². The summed E-state index contributed by atoms with van der Waals surface area (Å²) in [6.07, 6.45) is 14.1. The minimum Gasteiger partial charge on any atom is -0.473 e. The zero-order valence-electron chi connectivity index (χ0n) is 8.93. The van der Waals surface area contributed by atoms with Gasteiger partial charge in [-0.15, -0.1) is 0 Å². The van der Waals surface area contributed by atoms with Crippen LogP contribution in [0.15, 0.2) is 52.9 Å². The van der Waals surface area contributed by atoms with E-state index in [4.69, 9.17) is 5.11 Å². The third kappa shape index (κ3) is 5.92. The van der Waals surface area contributed by atoms with Gasteiger partial charge in [-0.3, -0.25) is 0 Å². The van der Waals surface area contributed by atoms with E-state index in [1.165, 1.54) is 18.4 Å². The predicted octanol–water partition coefficient (Wildman–Crippen LogP) is 3.31. The lowest BCUT2D eigenvalue weighted by Crippen LogP contribution is -1.89. The second-order valence-electron chi connectivity index (χ2n) is 3.41. The van der Waals surface area contributed by atoms with Gasteiger partial charge in [-0.1, -0.05) is 23.8 Å². The first kappa shape index (κ1) is 11.8. The Balaban J connectivity index is 0.000000187. The first-order chi connectivity index (χ1) is 7.43. The SMILES string of the molecule is OCCCC1=CC=CCC1.c1ccoc1. The Morgan fingerprint density at radius 1 is 1.27 bits per heavy atom. The molecule has 0 aliphatic heterocycles. The van der Waals surface area contributed by atoms with Gasteiger partial charge in [0, 0.05) is 6.61 Å². The average molecular weight is 206 g/mol. The van der Waals surface area contributed by atoms with Crippen LogP contribution in [0.1, 0.15) is 25.7 Å². The molecule has 1 aromatic heterocycles. The molecule has 0 saturated carbocycles. The Bertz CT molecular complexity index is 266. The molecule has 0 bridgehead atoms. The molecule has 0 amide bonds. The van der Waals surface area contributed by atoms with E-state index in [9.17, 15) is 0 Å². The maximum Gasteiger partial charge on any atom is 0.0902 e. The van der Waals surface area contributed by atoms with Gasteiger partial charge in [-0.05, 0) is 37.8 Å². The summed E-state index contributed by atoms with van der Waals surface area (Å²) in [4.78, 5) is 0. The quantitative estimate of drug-likeness (QED) is 0.823. The molecule has 2 rings (SSSR count). The predicted molar refractivity (Wildman–Crippen MR) is 61.5 cm³/mol. The molecule has 1 heterocycles. The molecule has 1 aliphatic rings. The fraction of sp³-hybridized carbons (Fsp3) is 0.385. The number of hydrogen-bond donors (Lipinski definition) is 1. The second kappa shape index (κ2) is 8.06. The molecule has 2 nitrogen and oxygen atoms in total. The third-order valence-electron chi connectivity index (χ3n) is 2.18. The van der Waals surface area contributed by atoms with Crippen molar-refractivity contribution in [3.05, 3.63) is 48.5 Å². The maximum atomic E-state index is 8.55. The van der Waals surface area contributed by atoms with E-state index in [1.807, 2.05) is 12.1 Å². The Morgan fingerprint density at radius 3 is 2.53 bits per heavy atom. The van der Waals surface area contributed by atoms with Crippen LogP contribution in [0.3, 0.4) is 0 Å². The van der Waals surface area contributed by atoms with E-state index in [0.29, 0.717) is 6.61 Å². The minimum atomic E-state index is 0.320. The van der Waals surface area contributed by atoms with Crippen LogP contribution in [0.25, 0.3) is 0 Å². The summed E-state index contributed by atoms with van der Waals surface area (Å²) in [7, 11) is 0. The van der Waals surface area contributed by atoms with Crippen molar-refractivity contribution in [2.75, 3.05) is 6.61 Å². The Labute approximate surface area is 90.9 Å². The lowest BCUT2D eigenvalue weighted by atomic mass is 10.0. The monoisotopic (exact) mass is 206 g/mol. The van der Waals surface area contributed by atoms with Crippen LogP contribution in [0.4, 0.5) is 0 Å². The van der Waals surface area contributed by atoms with Crippen LogP contribution in [0, 0.1) is 0 Å². The molecule has 1 N–H and O–H groups in total. The third-order valence-corrected chi connectivity index (χ3v) is 2.18. The van der Waals surface area contributed by atoms with Crippen LogP contribution >= 0.6 is 0 Å². The van der Waals surface area contributed by atoms with Gasteiger partial charge in [0.1, 0.15) is 0 Å². The van der Waals surface area contributed by atoms with Crippen LogP contribution in [-0.2, 0) is 0 Å². The van der Waals surface area contributed by atoms with Gasteiger partial charge < -0.3 is 9.52 Å². The van der Waals surface area contributed by atoms with Crippen LogP contribution in [0.2, 0.25) is 0 Å². The smallest absolute Gasteiger partial charge is 0.0902 e. The van der Waals surface area contributed by atoms with Crippen molar-refractivity contribution in [2.24, 2.45) is 0 Å². The molecule has 1 aromatic rings. The van der Waals surface area contributed by atoms with E-state index >= 15 is 0 Å². The first-order valence-electron chi connectivity index (χ1n) is 5.36. The highest BCUT2D eigenvalue weighted by atomic mass is 16.3. The molecular weight excluding hydrogens is 188 g/mol. The number of furan rings is 1. The second-order valence-corrected chi connectivity index (χ2v) is 3.41. The molecule has 0 saturated heterocycles. The largest absolute Gasteiger partial charge is 0.473 e. The fourth-order valence-electron chi connectivity index (χ4n) is 1.39. The first-order valence-corrected chi connectivity index (χ1v) is 5.36. The summed E-state index contributed by atoms with van der Waals surface area (Å²) in [6.45, 7) is 0.320. The zero-order chi connectivity index (χ0) is 10.8. The van der Waals surface area contributed by atoms with Gasteiger partial charge in [-0.25, -0.2) is 0 Å². The molecule has 1 aliphatic carbocycles. The number of aliphatic hydroxyl groups is 1. The van der Waals surface area contributed by atoms with Crippen molar-refractivity contribution < 1.29 is 9.52 Å². The van der Waals surface area contributed by atoms with E-state index < -0.39 is 0 Å². The van der Waals surface area contributed by atoms with Gasteiger partial charge in [0.05, 0.1) is 12.5 Å². The van der Waals surface area contributed by atoms with Crippen molar-refractivity contribution >= 4 is 0 Å². The number of hydrogen-bond acceptors (Lipinski definition) is 2. The minimum absolute atomic E-state index is 0.320. The standard InChI is InChI=1S/C9H14O.C4H4O/c10-8-4-7-9-5-2-1-3-6-9;1-2-4-5-3-1/h1-2,5,10H,3-4,6-8H2;1-4H. The fourth-order valence-corrected chi connectivity index (χ4v) is 1.39. The Morgan fingerprint density at radius 2 is 2.07 bits per heavy atom. The van der Waals surface area contributed by atoms with Crippen molar-refractivity contribution in [2.45, 2.75) is 25.7 Å². The van der Waals surface area contributed by atoms with E-state index in [0.717, 1.165) is 12.8 Å². The normalized spacial score (nSPS) is 14.1. The Hall–Kier alpha value is -1.28. The highest BCUT2D eigenvalue weighted by Gasteiger charge is 1.97. The number of aliphatic hydroxyl groups excluding tert-OH is 1. The van der Waals surface area contributed by atoms with Gasteiger partial charge in [0.25, 0.3) is 0 Å². The molecule has 0 atom stereocenters. The van der Waals surface area contributed by atoms with E-state index in [-0.39, 0.29) is 0 Å². The van der Waals surface area contributed by atoms with Crippen molar-refractivity contribution in [1.82, 2.24) is 0 Å². The zero-order valence-corrected chi connectivity index (χ0v) is 8.93. The Kier molecular flexibility index (Phi) is 6.34. The summed E-state index contributed by atoms with van der Waals surface area (Å²) >= 11 is 0. The molecule has 82 valence electrons. The highest BCUT2D eigenvalue weighted by molar-refractivity contribution is 5.17. The summed E-state index contributed by atoms with van der Waals surface area (Å²) < 4.78 is 4.58. The molecule has 0 unspecified atom stereocenters. The van der Waals surface area contributed by atoms with Gasteiger partial charge in [0.2, 0.25) is 0 Å². The lowest BCUT2D eigenvalue weighted by Gasteiger charge is -2.06. The van der Waals surface area contributed by atoms with Gasteiger partial charge in [-0.2, -0.15) is 0 Å². The summed E-state index contributed by atoms with van der Waals surface area (Å²) in [5.74, 6) is 0. The van der Waals surface area contributed by atoms with E-state index in [2.05, 4.69) is 22.6 Å². The molecular formula is C13H18O2. The topological polar surface area (TPSA) is 33.4 Å². The summed E-state index contributed by atoms with van der Waals surface area (Å²) in [5.41, 5.74) is 1.48. The molecule has 15 heavy (non-hydrogen) atoms. The van der Waals surface area contributed by atoms with Crippen molar-refractivity contribution in [3.63, 3.8) is 0 Å². The maximum absolute atomic E-state index is 8.55. The van der Waals surface area contributed by atoms with Crippen molar-refractivity contribution in [1.29, 1.82) is 0 Å². The van der Waals surface area contributed by atoms with Gasteiger partial charge in [0.15, 0.2) is 0 Å². The molecule has 2 heteroatoms. The van der Waals surface area contributed by atoms with Crippen LogP contribution < -0.4 is 0 Å².